The Labute approximate surface area is 156 Å². The zero-order valence-electron chi connectivity index (χ0n) is 15.6. The summed E-state index contributed by atoms with van der Waals surface area (Å²) >= 11 is 0. The van der Waals surface area contributed by atoms with Crippen LogP contribution in [0.2, 0.25) is 0 Å². The first-order valence-electron chi connectivity index (χ1n) is 9.16. The highest BCUT2D eigenvalue weighted by Crippen LogP contribution is 2.29. The van der Waals surface area contributed by atoms with Gasteiger partial charge in [-0.15, -0.1) is 12.3 Å². The third-order valence-electron chi connectivity index (χ3n) is 4.65. The Bertz CT molecular complexity index is 824. The van der Waals surface area contributed by atoms with Gasteiger partial charge in [0.1, 0.15) is 18.2 Å². The van der Waals surface area contributed by atoms with Crippen LogP contribution < -0.4 is 5.32 Å². The van der Waals surface area contributed by atoms with Gasteiger partial charge in [-0.25, -0.2) is 0 Å². The fourth-order valence-electron chi connectivity index (χ4n) is 3.04. The first-order chi connectivity index (χ1) is 12.7. The molecule has 1 atom stereocenters. The van der Waals surface area contributed by atoms with Crippen LogP contribution in [-0.2, 0) is 4.74 Å². The zero-order valence-corrected chi connectivity index (χ0v) is 15.6. The van der Waals surface area contributed by atoms with Crippen molar-refractivity contribution < 1.29 is 4.74 Å². The van der Waals surface area contributed by atoms with E-state index in [1.807, 2.05) is 18.4 Å². The maximum Gasteiger partial charge on any atom is 0.125 e. The molecule has 0 aromatic carbocycles. The molecule has 0 saturated heterocycles. The Morgan fingerprint density at radius 3 is 3.12 bits per heavy atom. The standard InChI is InChI=1S/C23H26N2O/c1-4-18-9-7-10-19-15-20(16-26-22(19)14-18)21(5-2)25-23-11-6-8-17(3)12-13-24-23/h5-7,9-11,13,15,21H,2,4,8,14,16H2,1,3H3,(H,24,25). The largest absolute Gasteiger partial charge is 0.493 e. The molecular formula is C23H26N2O. The first-order valence-corrected chi connectivity index (χ1v) is 9.16. The summed E-state index contributed by atoms with van der Waals surface area (Å²) in [5, 5.41) is 3.19. The summed E-state index contributed by atoms with van der Waals surface area (Å²) in [6, 6.07) is -0.121. The van der Waals surface area contributed by atoms with Crippen LogP contribution in [0.3, 0.4) is 0 Å². The second kappa shape index (κ2) is 8.55. The second-order valence-corrected chi connectivity index (χ2v) is 6.62. The van der Waals surface area contributed by atoms with Crippen LogP contribution in [-0.4, -0.2) is 18.5 Å². The predicted octanol–water partition coefficient (Wildman–Crippen LogP) is 5.05. The van der Waals surface area contributed by atoms with Crippen molar-refractivity contribution in [3.05, 3.63) is 89.1 Å². The average Bonchev–Trinajstić information content (AvgIpc) is 2.84. The van der Waals surface area contributed by atoms with Crippen molar-refractivity contribution in [2.45, 2.75) is 39.2 Å². The van der Waals surface area contributed by atoms with Crippen LogP contribution in [0.4, 0.5) is 0 Å². The Balaban J connectivity index is 1.83. The molecule has 0 radical (unpaired) electrons. The Morgan fingerprint density at radius 2 is 2.31 bits per heavy atom. The van der Waals surface area contributed by atoms with E-state index in [0.717, 1.165) is 42.0 Å². The van der Waals surface area contributed by atoms with Gasteiger partial charge >= 0.3 is 0 Å². The summed E-state index contributed by atoms with van der Waals surface area (Å²) in [7, 11) is 0. The molecule has 2 aliphatic heterocycles. The van der Waals surface area contributed by atoms with Gasteiger partial charge < -0.3 is 10.1 Å². The number of aliphatic imine (C=N–C) groups is 1. The molecule has 0 spiro atoms. The first kappa shape index (κ1) is 18.0. The molecule has 0 fully saturated rings. The van der Waals surface area contributed by atoms with E-state index in [-0.39, 0.29) is 6.04 Å². The molecule has 2 heterocycles. The molecule has 0 amide bonds. The lowest BCUT2D eigenvalue weighted by atomic mass is 10.00. The third kappa shape index (κ3) is 4.44. The van der Waals surface area contributed by atoms with Gasteiger partial charge in [-0.05, 0) is 43.1 Å². The van der Waals surface area contributed by atoms with Crippen molar-refractivity contribution in [3.63, 3.8) is 0 Å². The predicted molar refractivity (Wildman–Crippen MR) is 109 cm³/mol. The molecule has 134 valence electrons. The van der Waals surface area contributed by atoms with E-state index in [4.69, 9.17) is 9.73 Å². The maximum atomic E-state index is 6.08. The average molecular weight is 346 g/mol. The van der Waals surface area contributed by atoms with Crippen LogP contribution in [0.25, 0.3) is 0 Å². The molecular weight excluding hydrogens is 320 g/mol. The third-order valence-corrected chi connectivity index (χ3v) is 4.65. The number of nitrogens with zero attached hydrogens (tertiary/aromatic N) is 1. The molecule has 0 aromatic heterocycles. The SMILES string of the molecule is C=CC(N=C1C=CCC(C)=C=CN1)C1=CC2=C(CC(CC)=CC=C2)OC1. The van der Waals surface area contributed by atoms with Gasteiger partial charge in [0, 0.05) is 18.2 Å². The number of hydrogen-bond donors (Lipinski definition) is 1. The van der Waals surface area contributed by atoms with E-state index in [2.05, 4.69) is 61.9 Å². The van der Waals surface area contributed by atoms with E-state index >= 15 is 0 Å². The maximum absolute atomic E-state index is 6.08. The summed E-state index contributed by atoms with van der Waals surface area (Å²) < 4.78 is 6.08. The van der Waals surface area contributed by atoms with Crippen molar-refractivity contribution in [3.8, 4) is 0 Å². The van der Waals surface area contributed by atoms with Crippen molar-refractivity contribution in [2.75, 3.05) is 6.61 Å². The summed E-state index contributed by atoms with van der Waals surface area (Å²) in [5.41, 5.74) is 8.03. The number of allylic oxidation sites excluding steroid dienone is 8. The van der Waals surface area contributed by atoms with Crippen LogP contribution in [0.15, 0.2) is 94.1 Å². The van der Waals surface area contributed by atoms with Crippen molar-refractivity contribution in [2.24, 2.45) is 4.99 Å². The molecule has 3 rings (SSSR count). The number of ether oxygens (including phenoxy) is 1. The summed E-state index contributed by atoms with van der Waals surface area (Å²) in [6.45, 7) is 8.77. The lowest BCUT2D eigenvalue weighted by Gasteiger charge is -2.23. The van der Waals surface area contributed by atoms with Gasteiger partial charge in [0.05, 0.1) is 6.04 Å². The van der Waals surface area contributed by atoms with E-state index < -0.39 is 0 Å². The van der Waals surface area contributed by atoms with Crippen LogP contribution >= 0.6 is 0 Å². The molecule has 26 heavy (non-hydrogen) atoms. The fraction of sp³-hybridized carbons (Fsp3) is 0.304. The lowest BCUT2D eigenvalue weighted by Crippen LogP contribution is -2.21. The van der Waals surface area contributed by atoms with E-state index in [0.29, 0.717) is 6.61 Å². The number of hydrogen-bond acceptors (Lipinski definition) is 2. The Kier molecular flexibility index (Phi) is 5.93. The molecule has 3 aliphatic rings. The van der Waals surface area contributed by atoms with Gasteiger partial charge in [0.2, 0.25) is 0 Å². The lowest BCUT2D eigenvalue weighted by molar-refractivity contribution is 0.222. The molecule has 0 bridgehead atoms. The molecule has 1 N–H and O–H groups in total. The number of amidine groups is 1. The van der Waals surface area contributed by atoms with Gasteiger partial charge in [0.15, 0.2) is 0 Å². The quantitative estimate of drug-likeness (QED) is 0.570. The van der Waals surface area contributed by atoms with E-state index in [1.165, 1.54) is 11.1 Å². The van der Waals surface area contributed by atoms with Crippen molar-refractivity contribution >= 4 is 5.84 Å². The highest BCUT2D eigenvalue weighted by molar-refractivity contribution is 5.94. The van der Waals surface area contributed by atoms with Gasteiger partial charge in [0.25, 0.3) is 0 Å². The smallest absolute Gasteiger partial charge is 0.125 e. The molecule has 3 nitrogen and oxygen atoms in total. The summed E-state index contributed by atoms with van der Waals surface area (Å²) in [4.78, 5) is 4.81. The number of rotatable bonds is 4. The van der Waals surface area contributed by atoms with Crippen molar-refractivity contribution in [1.82, 2.24) is 5.32 Å². The monoisotopic (exact) mass is 346 g/mol. The second-order valence-electron chi connectivity index (χ2n) is 6.62. The van der Waals surface area contributed by atoms with Crippen LogP contribution in [0, 0.1) is 0 Å². The van der Waals surface area contributed by atoms with E-state index in [9.17, 15) is 0 Å². The normalized spacial score (nSPS) is 22.1. The van der Waals surface area contributed by atoms with Gasteiger partial charge in [-0.3, -0.25) is 4.99 Å². The topological polar surface area (TPSA) is 33.6 Å². The molecule has 0 aromatic rings. The molecule has 1 unspecified atom stereocenters. The van der Waals surface area contributed by atoms with E-state index in [1.54, 1.807) is 0 Å². The highest BCUT2D eigenvalue weighted by atomic mass is 16.5. The molecule has 3 heteroatoms. The zero-order chi connectivity index (χ0) is 18.4. The van der Waals surface area contributed by atoms with Crippen LogP contribution in [0.1, 0.15) is 33.1 Å². The summed E-state index contributed by atoms with van der Waals surface area (Å²) in [6.07, 6.45) is 19.2. The molecule has 1 aliphatic carbocycles. The minimum absolute atomic E-state index is 0.121. The van der Waals surface area contributed by atoms with Gasteiger partial charge in [-0.1, -0.05) is 42.9 Å². The Morgan fingerprint density at radius 1 is 1.42 bits per heavy atom. The minimum atomic E-state index is -0.121. The Hall–Kier alpha value is -2.77. The number of nitrogens with one attached hydrogen (secondary N) is 1. The van der Waals surface area contributed by atoms with Gasteiger partial charge in [-0.2, -0.15) is 0 Å². The van der Waals surface area contributed by atoms with Crippen molar-refractivity contribution in [1.29, 1.82) is 0 Å². The van der Waals surface area contributed by atoms with Crippen LogP contribution in [0.5, 0.6) is 0 Å². The highest BCUT2D eigenvalue weighted by Gasteiger charge is 2.20. The molecule has 0 saturated carbocycles. The minimum Gasteiger partial charge on any atom is -0.493 e. The fourth-order valence-corrected chi connectivity index (χ4v) is 3.04. The summed E-state index contributed by atoms with van der Waals surface area (Å²) in [5.74, 6) is 1.86.